The third-order valence-electron chi connectivity index (χ3n) is 4.10. The summed E-state index contributed by atoms with van der Waals surface area (Å²) >= 11 is 12.4. The summed E-state index contributed by atoms with van der Waals surface area (Å²) in [4.78, 5) is 14.6. The number of nitrogens with zero attached hydrogens (tertiary/aromatic N) is 1. The molecule has 1 aliphatic heterocycles. The number of rotatable bonds is 3. The summed E-state index contributed by atoms with van der Waals surface area (Å²) in [5.41, 5.74) is 2.76. The highest BCUT2D eigenvalue weighted by Gasteiger charge is 2.24. The zero-order valence-corrected chi connectivity index (χ0v) is 14.3. The van der Waals surface area contributed by atoms with Crippen molar-refractivity contribution in [3.63, 3.8) is 0 Å². The Hall–Kier alpha value is -1.71. The zero-order valence-electron chi connectivity index (χ0n) is 12.8. The molecule has 0 unspecified atom stereocenters. The van der Waals surface area contributed by atoms with Crippen molar-refractivity contribution in [2.75, 3.05) is 18.6 Å². The summed E-state index contributed by atoms with van der Waals surface area (Å²) in [6.07, 6.45) is 2.08. The van der Waals surface area contributed by atoms with E-state index in [0.29, 0.717) is 22.2 Å². The molecule has 0 spiro atoms. The number of amides is 1. The molecular weight excluding hydrogens is 333 g/mol. The second-order valence-electron chi connectivity index (χ2n) is 5.52. The van der Waals surface area contributed by atoms with E-state index in [4.69, 9.17) is 27.9 Å². The summed E-state index contributed by atoms with van der Waals surface area (Å²) < 4.78 is 5.26. The second kappa shape index (κ2) is 6.81. The highest BCUT2D eigenvalue weighted by Crippen LogP contribution is 2.32. The number of methoxy groups -OCH3 is 1. The standard InChI is InChI=1S/C18H17Cl2NO2/c1-23-13-7-8-17-12(10-13)4-3-9-21(17)18(22)11-14-15(19)5-2-6-16(14)20/h2,5-8,10H,3-4,9,11H2,1H3. The molecule has 0 aliphatic carbocycles. The maximum absolute atomic E-state index is 12.8. The summed E-state index contributed by atoms with van der Waals surface area (Å²) in [5, 5.41) is 1.05. The van der Waals surface area contributed by atoms with Crippen LogP contribution in [-0.2, 0) is 17.6 Å². The van der Waals surface area contributed by atoms with Crippen LogP contribution in [0.5, 0.6) is 5.75 Å². The molecule has 2 aromatic rings. The van der Waals surface area contributed by atoms with Crippen LogP contribution in [0.3, 0.4) is 0 Å². The second-order valence-corrected chi connectivity index (χ2v) is 6.33. The number of aryl methyl sites for hydroxylation is 1. The van der Waals surface area contributed by atoms with E-state index < -0.39 is 0 Å². The van der Waals surface area contributed by atoms with E-state index in [2.05, 4.69) is 0 Å². The monoisotopic (exact) mass is 349 g/mol. The van der Waals surface area contributed by atoms with E-state index in [0.717, 1.165) is 29.8 Å². The number of carbonyl (C=O) groups excluding carboxylic acids is 1. The van der Waals surface area contributed by atoms with E-state index in [9.17, 15) is 4.79 Å². The normalized spacial score (nSPS) is 13.6. The predicted octanol–water partition coefficient (Wildman–Crippen LogP) is 4.52. The van der Waals surface area contributed by atoms with Crippen molar-refractivity contribution in [3.8, 4) is 5.75 Å². The zero-order chi connectivity index (χ0) is 16.4. The maximum atomic E-state index is 12.8. The average Bonchev–Trinajstić information content (AvgIpc) is 2.57. The summed E-state index contributed by atoms with van der Waals surface area (Å²) in [6.45, 7) is 0.709. The molecule has 0 aromatic heterocycles. The van der Waals surface area contributed by atoms with Gasteiger partial charge in [0.25, 0.3) is 0 Å². The Morgan fingerprint density at radius 3 is 2.65 bits per heavy atom. The summed E-state index contributed by atoms with van der Waals surface area (Å²) in [7, 11) is 1.65. The van der Waals surface area contributed by atoms with Gasteiger partial charge >= 0.3 is 0 Å². The first kappa shape index (κ1) is 16.2. The van der Waals surface area contributed by atoms with Gasteiger partial charge in [0.2, 0.25) is 5.91 Å². The van der Waals surface area contributed by atoms with Crippen LogP contribution in [0.15, 0.2) is 36.4 Å². The Labute approximate surface area is 145 Å². The van der Waals surface area contributed by atoms with Crippen LogP contribution in [0, 0.1) is 0 Å². The Morgan fingerprint density at radius 2 is 1.96 bits per heavy atom. The molecule has 1 aliphatic rings. The molecule has 0 saturated heterocycles. The molecule has 2 aromatic carbocycles. The van der Waals surface area contributed by atoms with Crippen molar-refractivity contribution in [2.24, 2.45) is 0 Å². The van der Waals surface area contributed by atoms with Gasteiger partial charge < -0.3 is 9.64 Å². The van der Waals surface area contributed by atoms with Crippen LogP contribution in [-0.4, -0.2) is 19.6 Å². The molecule has 1 heterocycles. The summed E-state index contributed by atoms with van der Waals surface area (Å²) in [6, 6.07) is 11.1. The predicted molar refractivity (Wildman–Crippen MR) is 93.8 cm³/mol. The smallest absolute Gasteiger partial charge is 0.231 e. The number of hydrogen-bond donors (Lipinski definition) is 0. The number of halogens is 2. The quantitative estimate of drug-likeness (QED) is 0.814. The third kappa shape index (κ3) is 3.31. The molecule has 0 radical (unpaired) electrons. The van der Waals surface area contributed by atoms with Crippen LogP contribution >= 0.6 is 23.2 Å². The van der Waals surface area contributed by atoms with Crippen LogP contribution in [0.2, 0.25) is 10.0 Å². The van der Waals surface area contributed by atoms with Gasteiger partial charge in [0.1, 0.15) is 5.75 Å². The number of fused-ring (bicyclic) bond motifs is 1. The topological polar surface area (TPSA) is 29.5 Å². The SMILES string of the molecule is COc1ccc2c(c1)CCCN2C(=O)Cc1c(Cl)cccc1Cl. The number of carbonyl (C=O) groups is 1. The maximum Gasteiger partial charge on any atom is 0.231 e. The molecule has 120 valence electrons. The number of benzene rings is 2. The van der Waals surface area contributed by atoms with Crippen molar-refractivity contribution < 1.29 is 9.53 Å². The molecule has 0 N–H and O–H groups in total. The Morgan fingerprint density at radius 1 is 1.22 bits per heavy atom. The molecule has 5 heteroatoms. The van der Waals surface area contributed by atoms with E-state index in [-0.39, 0.29) is 12.3 Å². The molecule has 3 nitrogen and oxygen atoms in total. The molecule has 0 saturated carbocycles. The largest absolute Gasteiger partial charge is 0.497 e. The Bertz CT molecular complexity index is 726. The van der Waals surface area contributed by atoms with Crippen LogP contribution < -0.4 is 9.64 Å². The highest BCUT2D eigenvalue weighted by molar-refractivity contribution is 6.36. The van der Waals surface area contributed by atoms with Gasteiger partial charge in [-0.05, 0) is 54.3 Å². The van der Waals surface area contributed by atoms with Crippen LogP contribution in [0.1, 0.15) is 17.5 Å². The molecule has 0 atom stereocenters. The lowest BCUT2D eigenvalue weighted by atomic mass is 10.0. The fourth-order valence-electron chi connectivity index (χ4n) is 2.91. The van der Waals surface area contributed by atoms with Gasteiger partial charge in [0.15, 0.2) is 0 Å². The molecular formula is C18H17Cl2NO2. The molecule has 1 amide bonds. The third-order valence-corrected chi connectivity index (χ3v) is 4.80. The first-order valence-electron chi connectivity index (χ1n) is 7.50. The van der Waals surface area contributed by atoms with E-state index in [1.165, 1.54) is 0 Å². The van der Waals surface area contributed by atoms with E-state index in [1.54, 1.807) is 25.3 Å². The van der Waals surface area contributed by atoms with Crippen LogP contribution in [0.4, 0.5) is 5.69 Å². The average molecular weight is 350 g/mol. The van der Waals surface area contributed by atoms with Gasteiger partial charge in [-0.2, -0.15) is 0 Å². The minimum atomic E-state index is 0.00566. The van der Waals surface area contributed by atoms with Crippen molar-refractivity contribution >= 4 is 34.8 Å². The molecule has 3 rings (SSSR count). The molecule has 0 fully saturated rings. The number of hydrogen-bond acceptors (Lipinski definition) is 2. The lowest BCUT2D eigenvalue weighted by molar-refractivity contribution is -0.118. The molecule has 23 heavy (non-hydrogen) atoms. The van der Waals surface area contributed by atoms with Crippen molar-refractivity contribution in [1.82, 2.24) is 0 Å². The minimum absolute atomic E-state index is 0.00566. The van der Waals surface area contributed by atoms with Crippen molar-refractivity contribution in [1.29, 1.82) is 0 Å². The Balaban J connectivity index is 1.87. The van der Waals surface area contributed by atoms with Gasteiger partial charge in [0.05, 0.1) is 13.5 Å². The minimum Gasteiger partial charge on any atom is -0.497 e. The van der Waals surface area contributed by atoms with Gasteiger partial charge in [-0.25, -0.2) is 0 Å². The Kier molecular flexibility index (Phi) is 4.79. The summed E-state index contributed by atoms with van der Waals surface area (Å²) in [5.74, 6) is 0.818. The fourth-order valence-corrected chi connectivity index (χ4v) is 3.44. The van der Waals surface area contributed by atoms with E-state index >= 15 is 0 Å². The van der Waals surface area contributed by atoms with E-state index in [1.807, 2.05) is 23.1 Å². The number of ether oxygens (including phenoxy) is 1. The van der Waals surface area contributed by atoms with Crippen LogP contribution in [0.25, 0.3) is 0 Å². The first-order chi connectivity index (χ1) is 11.1. The van der Waals surface area contributed by atoms with Crippen molar-refractivity contribution in [3.05, 3.63) is 57.6 Å². The van der Waals surface area contributed by atoms with Gasteiger partial charge in [-0.15, -0.1) is 0 Å². The highest BCUT2D eigenvalue weighted by atomic mass is 35.5. The van der Waals surface area contributed by atoms with Gasteiger partial charge in [-0.1, -0.05) is 29.3 Å². The number of anilines is 1. The van der Waals surface area contributed by atoms with Gasteiger partial charge in [0, 0.05) is 22.3 Å². The molecule has 0 bridgehead atoms. The first-order valence-corrected chi connectivity index (χ1v) is 8.26. The fraction of sp³-hybridized carbons (Fsp3) is 0.278. The lowest BCUT2D eigenvalue weighted by Gasteiger charge is -2.30. The van der Waals surface area contributed by atoms with Crippen molar-refractivity contribution in [2.45, 2.75) is 19.3 Å². The lowest BCUT2D eigenvalue weighted by Crippen LogP contribution is -2.36. The van der Waals surface area contributed by atoms with Gasteiger partial charge in [-0.3, -0.25) is 4.79 Å².